The number of nitrogens with zero attached hydrogens (tertiary/aromatic N) is 1. The molecule has 1 saturated heterocycles. The van der Waals surface area contributed by atoms with Gasteiger partial charge in [-0.2, -0.15) is 4.31 Å². The monoisotopic (exact) mass is 502 g/mol. The van der Waals surface area contributed by atoms with Gasteiger partial charge in [0.25, 0.3) is 0 Å². The van der Waals surface area contributed by atoms with E-state index in [0.29, 0.717) is 41.7 Å². The van der Waals surface area contributed by atoms with E-state index in [-0.39, 0.29) is 11.9 Å². The Hall–Kier alpha value is -3.04. The van der Waals surface area contributed by atoms with Gasteiger partial charge in [-0.25, -0.2) is 8.42 Å². The van der Waals surface area contributed by atoms with Crippen LogP contribution in [0.3, 0.4) is 0 Å². The molecule has 1 N–H and O–H groups in total. The number of hydrogen-bond acceptors (Lipinski definition) is 6. The number of aryl methyl sites for hydroxylation is 1. The maximum absolute atomic E-state index is 13.2. The maximum Gasteiger partial charge on any atom is 0.244 e. The molecule has 1 fully saturated rings. The average Bonchev–Trinajstić information content (AvgIpc) is 2.87. The van der Waals surface area contributed by atoms with Gasteiger partial charge in [-0.1, -0.05) is 24.1 Å². The van der Waals surface area contributed by atoms with Gasteiger partial charge in [0, 0.05) is 25.2 Å². The molecule has 2 aromatic rings. The van der Waals surface area contributed by atoms with Gasteiger partial charge < -0.3 is 19.5 Å². The third kappa shape index (κ3) is 6.55. The zero-order chi connectivity index (χ0) is 25.4. The molecule has 1 heterocycles. The molecule has 8 nitrogen and oxygen atoms in total. The molecule has 2 aromatic carbocycles. The van der Waals surface area contributed by atoms with Gasteiger partial charge in [-0.3, -0.25) is 4.79 Å². The summed E-state index contributed by atoms with van der Waals surface area (Å²) in [5.74, 6) is 1.22. The SMILES string of the molecule is COc1cc(/C=C/C(=O)NCCC2CCCCN2S(=O)(=O)c2ccc(C)cc2)cc(OC)c1OC. The van der Waals surface area contributed by atoms with Crippen LogP contribution in [0.15, 0.2) is 47.4 Å². The molecule has 0 bridgehead atoms. The zero-order valence-electron chi connectivity index (χ0n) is 20.7. The number of amides is 1. The summed E-state index contributed by atoms with van der Waals surface area (Å²) in [4.78, 5) is 12.7. The first-order valence-corrected chi connectivity index (χ1v) is 13.1. The van der Waals surface area contributed by atoms with Crippen molar-refractivity contribution in [2.75, 3.05) is 34.4 Å². The van der Waals surface area contributed by atoms with Crippen LogP contribution in [0.4, 0.5) is 0 Å². The number of carbonyl (C=O) groups excluding carboxylic acids is 1. The molecule has 0 spiro atoms. The van der Waals surface area contributed by atoms with Gasteiger partial charge in [0.15, 0.2) is 11.5 Å². The van der Waals surface area contributed by atoms with E-state index in [1.165, 1.54) is 27.4 Å². The van der Waals surface area contributed by atoms with E-state index in [4.69, 9.17) is 14.2 Å². The highest BCUT2D eigenvalue weighted by Crippen LogP contribution is 2.38. The number of nitrogens with one attached hydrogen (secondary N) is 1. The fraction of sp³-hybridized carbons (Fsp3) is 0.423. The summed E-state index contributed by atoms with van der Waals surface area (Å²) in [6.45, 7) is 2.80. The molecule has 9 heteroatoms. The lowest BCUT2D eigenvalue weighted by molar-refractivity contribution is -0.116. The standard InChI is InChI=1S/C26H34N2O6S/c1-19-8-11-22(12-9-19)35(30,31)28-16-6-5-7-21(28)14-15-27-25(29)13-10-20-17-23(32-2)26(34-4)24(18-20)33-3/h8-13,17-18,21H,5-7,14-16H2,1-4H3,(H,27,29)/b13-10+. The summed E-state index contributed by atoms with van der Waals surface area (Å²) >= 11 is 0. The number of rotatable bonds is 10. The number of piperidine rings is 1. The Balaban J connectivity index is 1.61. The van der Waals surface area contributed by atoms with Crippen LogP contribution in [0.2, 0.25) is 0 Å². The summed E-state index contributed by atoms with van der Waals surface area (Å²) in [7, 11) is 1.02. The van der Waals surface area contributed by atoms with Gasteiger partial charge in [0.1, 0.15) is 0 Å². The first kappa shape index (κ1) is 26.6. The largest absolute Gasteiger partial charge is 0.493 e. The number of benzene rings is 2. The van der Waals surface area contributed by atoms with Gasteiger partial charge in [-0.05, 0) is 62.1 Å². The van der Waals surface area contributed by atoms with Crippen LogP contribution < -0.4 is 19.5 Å². The molecule has 0 saturated carbocycles. The number of carbonyl (C=O) groups is 1. The van der Waals surface area contributed by atoms with Crippen molar-refractivity contribution in [2.24, 2.45) is 0 Å². The molecule has 0 aromatic heterocycles. The van der Waals surface area contributed by atoms with E-state index in [9.17, 15) is 13.2 Å². The highest BCUT2D eigenvalue weighted by atomic mass is 32.2. The van der Waals surface area contributed by atoms with Crippen molar-refractivity contribution in [2.45, 2.75) is 43.5 Å². The van der Waals surface area contributed by atoms with E-state index >= 15 is 0 Å². The molecule has 0 aliphatic carbocycles. The van der Waals surface area contributed by atoms with Gasteiger partial charge in [0.2, 0.25) is 21.7 Å². The highest BCUT2D eigenvalue weighted by molar-refractivity contribution is 7.89. The third-order valence-electron chi connectivity index (χ3n) is 6.09. The predicted octanol–water partition coefficient (Wildman–Crippen LogP) is 3.78. The molecule has 35 heavy (non-hydrogen) atoms. The van der Waals surface area contributed by atoms with Crippen molar-refractivity contribution in [1.82, 2.24) is 9.62 Å². The van der Waals surface area contributed by atoms with Crippen molar-refractivity contribution >= 4 is 22.0 Å². The second-order valence-corrected chi connectivity index (χ2v) is 10.3. The first-order valence-electron chi connectivity index (χ1n) is 11.6. The Labute approximate surface area is 207 Å². The van der Waals surface area contributed by atoms with E-state index in [1.54, 1.807) is 34.6 Å². The van der Waals surface area contributed by atoms with Crippen LogP contribution in [-0.2, 0) is 14.8 Å². The van der Waals surface area contributed by atoms with E-state index in [0.717, 1.165) is 30.4 Å². The lowest BCUT2D eigenvalue weighted by Crippen LogP contribution is -2.45. The van der Waals surface area contributed by atoms with Crippen molar-refractivity contribution in [1.29, 1.82) is 0 Å². The van der Waals surface area contributed by atoms with Gasteiger partial charge in [0.05, 0.1) is 26.2 Å². The molecule has 1 unspecified atom stereocenters. The third-order valence-corrected chi connectivity index (χ3v) is 8.06. The fourth-order valence-corrected chi connectivity index (χ4v) is 5.94. The molecule has 1 atom stereocenters. The Morgan fingerprint density at radius 3 is 2.31 bits per heavy atom. The lowest BCUT2D eigenvalue weighted by atomic mass is 10.0. The van der Waals surface area contributed by atoms with Crippen LogP contribution in [0.5, 0.6) is 17.2 Å². The van der Waals surface area contributed by atoms with Crippen molar-refractivity contribution in [3.05, 3.63) is 53.6 Å². The zero-order valence-corrected chi connectivity index (χ0v) is 21.6. The van der Waals surface area contributed by atoms with Crippen molar-refractivity contribution < 1.29 is 27.4 Å². The summed E-state index contributed by atoms with van der Waals surface area (Å²) < 4.78 is 44.0. The van der Waals surface area contributed by atoms with E-state index in [2.05, 4.69) is 5.32 Å². The van der Waals surface area contributed by atoms with Crippen LogP contribution in [0.1, 0.15) is 36.8 Å². The van der Waals surface area contributed by atoms with Gasteiger partial charge in [-0.15, -0.1) is 0 Å². The second kappa shape index (κ2) is 12.1. The lowest BCUT2D eigenvalue weighted by Gasteiger charge is -2.34. The molecule has 1 aliphatic heterocycles. The Morgan fingerprint density at radius 1 is 1.06 bits per heavy atom. The number of methoxy groups -OCH3 is 3. The average molecular weight is 503 g/mol. The molecule has 1 amide bonds. The summed E-state index contributed by atoms with van der Waals surface area (Å²) in [5.41, 5.74) is 1.73. The summed E-state index contributed by atoms with van der Waals surface area (Å²) in [6.07, 6.45) is 6.24. The van der Waals surface area contributed by atoms with Crippen LogP contribution in [0, 0.1) is 6.92 Å². The molecule has 190 valence electrons. The molecular weight excluding hydrogens is 468 g/mol. The van der Waals surface area contributed by atoms with Crippen LogP contribution >= 0.6 is 0 Å². The minimum absolute atomic E-state index is 0.144. The summed E-state index contributed by atoms with van der Waals surface area (Å²) in [5, 5.41) is 2.86. The topological polar surface area (TPSA) is 94.2 Å². The smallest absolute Gasteiger partial charge is 0.244 e. The highest BCUT2D eigenvalue weighted by Gasteiger charge is 2.33. The van der Waals surface area contributed by atoms with E-state index in [1.807, 2.05) is 19.1 Å². The normalized spacial score (nSPS) is 16.7. The van der Waals surface area contributed by atoms with Crippen LogP contribution in [0.25, 0.3) is 6.08 Å². The Bertz CT molecular complexity index is 1120. The van der Waals surface area contributed by atoms with Crippen molar-refractivity contribution in [3.8, 4) is 17.2 Å². The minimum atomic E-state index is -3.57. The molecular formula is C26H34N2O6S. The first-order chi connectivity index (χ1) is 16.8. The Kier molecular flexibility index (Phi) is 9.17. The number of ether oxygens (including phenoxy) is 3. The maximum atomic E-state index is 13.2. The van der Waals surface area contributed by atoms with E-state index < -0.39 is 10.0 Å². The Morgan fingerprint density at radius 2 is 1.71 bits per heavy atom. The summed E-state index contributed by atoms with van der Waals surface area (Å²) in [6, 6.07) is 10.3. The number of hydrogen-bond donors (Lipinski definition) is 1. The van der Waals surface area contributed by atoms with Gasteiger partial charge >= 0.3 is 0 Å². The quantitative estimate of drug-likeness (QED) is 0.497. The van der Waals surface area contributed by atoms with Crippen LogP contribution in [-0.4, -0.2) is 59.1 Å². The van der Waals surface area contributed by atoms with Crippen molar-refractivity contribution in [3.63, 3.8) is 0 Å². The second-order valence-electron chi connectivity index (χ2n) is 8.45. The molecule has 1 aliphatic rings. The molecule has 0 radical (unpaired) electrons. The fourth-order valence-electron chi connectivity index (χ4n) is 4.21. The minimum Gasteiger partial charge on any atom is -0.493 e. The molecule has 3 rings (SSSR count). The predicted molar refractivity (Wildman–Crippen MR) is 135 cm³/mol. The number of sulfonamides is 1.